The molecule has 0 radical (unpaired) electrons. The van der Waals surface area contributed by atoms with Crippen molar-refractivity contribution in [2.45, 2.75) is 49.5 Å². The molecule has 0 bridgehead atoms. The summed E-state index contributed by atoms with van der Waals surface area (Å²) in [6.07, 6.45) is 6.47. The van der Waals surface area contributed by atoms with Crippen molar-refractivity contribution >= 4 is 44.6 Å². The maximum absolute atomic E-state index is 13.1. The number of halogens is 1. The van der Waals surface area contributed by atoms with Crippen LogP contribution in [0, 0.1) is 0 Å². The second kappa shape index (κ2) is 8.63. The minimum absolute atomic E-state index is 0.0380. The molecule has 1 aromatic carbocycles. The molecule has 3 rings (SSSR count). The van der Waals surface area contributed by atoms with Crippen molar-refractivity contribution in [2.24, 2.45) is 0 Å². The minimum Gasteiger partial charge on any atom is -0.349 e. The predicted molar refractivity (Wildman–Crippen MR) is 110 cm³/mol. The maximum atomic E-state index is 13.1. The number of rotatable bonds is 5. The summed E-state index contributed by atoms with van der Waals surface area (Å²) in [7, 11) is -2.37. The Labute approximate surface area is 169 Å². The molecule has 0 saturated heterocycles. The zero-order chi connectivity index (χ0) is 19.4. The molecule has 0 unspecified atom stereocenters. The van der Waals surface area contributed by atoms with E-state index in [-0.39, 0.29) is 21.7 Å². The summed E-state index contributed by atoms with van der Waals surface area (Å²) in [6, 6.07) is 8.15. The number of anilines is 1. The van der Waals surface area contributed by atoms with Crippen molar-refractivity contribution in [2.75, 3.05) is 11.4 Å². The lowest BCUT2D eigenvalue weighted by atomic mass is 10.1. The van der Waals surface area contributed by atoms with E-state index in [4.69, 9.17) is 11.6 Å². The van der Waals surface area contributed by atoms with Gasteiger partial charge in [0.05, 0.1) is 5.69 Å². The molecule has 0 spiro atoms. The smallest absolute Gasteiger partial charge is 0.265 e. The average Bonchev–Trinajstić information content (AvgIpc) is 3.02. The number of amides is 1. The van der Waals surface area contributed by atoms with Gasteiger partial charge in [-0.3, -0.25) is 9.10 Å². The third-order valence-corrected chi connectivity index (χ3v) is 7.98. The third-order valence-electron chi connectivity index (χ3n) is 4.85. The highest BCUT2D eigenvalue weighted by molar-refractivity contribution is 7.93. The van der Waals surface area contributed by atoms with Crippen molar-refractivity contribution in [3.05, 3.63) is 45.6 Å². The van der Waals surface area contributed by atoms with Crippen LogP contribution in [-0.2, 0) is 10.0 Å². The van der Waals surface area contributed by atoms with Crippen LogP contribution in [0.2, 0.25) is 5.02 Å². The first kappa shape index (κ1) is 20.2. The summed E-state index contributed by atoms with van der Waals surface area (Å²) < 4.78 is 27.3. The number of benzene rings is 1. The highest BCUT2D eigenvalue weighted by Crippen LogP contribution is 2.29. The van der Waals surface area contributed by atoms with Crippen LogP contribution in [-0.4, -0.2) is 27.4 Å². The Morgan fingerprint density at radius 2 is 1.74 bits per heavy atom. The molecule has 1 aliphatic rings. The van der Waals surface area contributed by atoms with Gasteiger partial charge in [0.2, 0.25) is 0 Å². The summed E-state index contributed by atoms with van der Waals surface area (Å²) in [5, 5.41) is 5.21. The summed E-state index contributed by atoms with van der Waals surface area (Å²) in [5.74, 6) is -0.306. The van der Waals surface area contributed by atoms with Crippen LogP contribution in [0.1, 0.15) is 48.2 Å². The SMILES string of the molecule is CN(c1ccc(Cl)cc1)S(=O)(=O)c1ccsc1C(=O)NC1CCCCCC1. The number of hydrogen-bond acceptors (Lipinski definition) is 4. The summed E-state index contributed by atoms with van der Waals surface area (Å²) >= 11 is 7.04. The number of thiophene rings is 1. The van der Waals surface area contributed by atoms with Gasteiger partial charge in [-0.2, -0.15) is 0 Å². The molecule has 8 heteroatoms. The van der Waals surface area contributed by atoms with Crippen LogP contribution in [0.3, 0.4) is 0 Å². The van der Waals surface area contributed by atoms with E-state index in [9.17, 15) is 13.2 Å². The lowest BCUT2D eigenvalue weighted by Gasteiger charge is -2.20. The lowest BCUT2D eigenvalue weighted by molar-refractivity contribution is 0.0934. The van der Waals surface area contributed by atoms with Gasteiger partial charge in [0.15, 0.2) is 0 Å². The molecule has 2 aromatic rings. The van der Waals surface area contributed by atoms with Gasteiger partial charge in [0, 0.05) is 18.1 Å². The van der Waals surface area contributed by atoms with Crippen molar-refractivity contribution < 1.29 is 13.2 Å². The van der Waals surface area contributed by atoms with Gasteiger partial charge in [-0.15, -0.1) is 11.3 Å². The van der Waals surface area contributed by atoms with Crippen molar-refractivity contribution in [3.63, 3.8) is 0 Å². The van der Waals surface area contributed by atoms with E-state index in [1.165, 1.54) is 30.3 Å². The fourth-order valence-corrected chi connectivity index (χ4v) is 5.90. The minimum atomic E-state index is -3.85. The maximum Gasteiger partial charge on any atom is 0.265 e. The number of nitrogens with zero attached hydrogens (tertiary/aromatic N) is 1. The first-order valence-corrected chi connectivity index (χ1v) is 11.7. The lowest BCUT2D eigenvalue weighted by Crippen LogP contribution is -2.35. The fraction of sp³-hybridized carbons (Fsp3) is 0.421. The highest BCUT2D eigenvalue weighted by atomic mass is 35.5. The molecule has 146 valence electrons. The second-order valence-electron chi connectivity index (χ2n) is 6.72. The molecular weight excluding hydrogens is 404 g/mol. The predicted octanol–water partition coefficient (Wildman–Crippen LogP) is 4.68. The van der Waals surface area contributed by atoms with E-state index in [0.717, 1.165) is 37.0 Å². The van der Waals surface area contributed by atoms with E-state index in [1.807, 2.05) is 0 Å². The largest absolute Gasteiger partial charge is 0.349 e. The van der Waals surface area contributed by atoms with E-state index >= 15 is 0 Å². The molecular formula is C19H23ClN2O3S2. The molecule has 0 aliphatic heterocycles. The standard InChI is InChI=1S/C19H23ClN2O3S2/c1-22(16-10-8-14(20)9-11-16)27(24,25)17-12-13-26-18(17)19(23)21-15-6-4-2-3-5-7-15/h8-13,15H,2-7H2,1H3,(H,21,23). The number of carbonyl (C=O) groups is 1. The number of carbonyl (C=O) groups excluding carboxylic acids is 1. The molecule has 1 heterocycles. The number of nitrogens with one attached hydrogen (secondary N) is 1. The van der Waals surface area contributed by atoms with Crippen LogP contribution in [0.15, 0.2) is 40.6 Å². The van der Waals surface area contributed by atoms with E-state index in [1.54, 1.807) is 29.6 Å². The monoisotopic (exact) mass is 426 g/mol. The van der Waals surface area contributed by atoms with Gasteiger partial charge in [-0.25, -0.2) is 8.42 Å². The Kier molecular flexibility index (Phi) is 6.44. The molecule has 1 amide bonds. The number of sulfonamides is 1. The van der Waals surface area contributed by atoms with E-state index in [2.05, 4.69) is 5.32 Å². The quantitative estimate of drug-likeness (QED) is 0.706. The second-order valence-corrected chi connectivity index (χ2v) is 10.0. The van der Waals surface area contributed by atoms with Crippen LogP contribution in [0.25, 0.3) is 0 Å². The fourth-order valence-electron chi connectivity index (χ4n) is 3.28. The van der Waals surface area contributed by atoms with Gasteiger partial charge in [0.25, 0.3) is 15.9 Å². The van der Waals surface area contributed by atoms with Crippen LogP contribution in [0.5, 0.6) is 0 Å². The van der Waals surface area contributed by atoms with Crippen LogP contribution >= 0.6 is 22.9 Å². The number of hydrogen-bond donors (Lipinski definition) is 1. The summed E-state index contributed by atoms with van der Waals surface area (Å²) in [6.45, 7) is 0. The molecule has 1 aliphatic carbocycles. The van der Waals surface area contributed by atoms with Crippen LogP contribution in [0.4, 0.5) is 5.69 Å². The molecule has 1 aromatic heterocycles. The van der Waals surface area contributed by atoms with E-state index < -0.39 is 10.0 Å². The Morgan fingerprint density at radius 3 is 2.37 bits per heavy atom. The van der Waals surface area contributed by atoms with E-state index in [0.29, 0.717) is 10.7 Å². The van der Waals surface area contributed by atoms with Gasteiger partial charge in [-0.1, -0.05) is 37.3 Å². The Hall–Kier alpha value is -1.57. The van der Waals surface area contributed by atoms with Gasteiger partial charge in [0.1, 0.15) is 9.77 Å². The Morgan fingerprint density at radius 1 is 1.11 bits per heavy atom. The zero-order valence-electron chi connectivity index (χ0n) is 15.2. The summed E-state index contributed by atoms with van der Waals surface area (Å²) in [4.78, 5) is 13.0. The molecule has 1 fully saturated rings. The normalized spacial score (nSPS) is 15.9. The van der Waals surface area contributed by atoms with Gasteiger partial charge in [-0.05, 0) is 48.6 Å². The molecule has 0 atom stereocenters. The van der Waals surface area contributed by atoms with Gasteiger partial charge < -0.3 is 5.32 Å². The third kappa shape index (κ3) is 4.65. The molecule has 27 heavy (non-hydrogen) atoms. The van der Waals surface area contributed by atoms with Crippen molar-refractivity contribution in [1.29, 1.82) is 0 Å². The molecule has 5 nitrogen and oxygen atoms in total. The van der Waals surface area contributed by atoms with Crippen molar-refractivity contribution in [3.8, 4) is 0 Å². The zero-order valence-corrected chi connectivity index (χ0v) is 17.5. The molecule has 1 saturated carbocycles. The highest BCUT2D eigenvalue weighted by Gasteiger charge is 2.29. The Balaban J connectivity index is 1.82. The first-order chi connectivity index (χ1) is 12.9. The topological polar surface area (TPSA) is 66.5 Å². The molecule has 1 N–H and O–H groups in total. The van der Waals surface area contributed by atoms with Crippen molar-refractivity contribution in [1.82, 2.24) is 5.32 Å². The van der Waals surface area contributed by atoms with Gasteiger partial charge >= 0.3 is 0 Å². The summed E-state index contributed by atoms with van der Waals surface area (Å²) in [5.41, 5.74) is 0.487. The average molecular weight is 427 g/mol. The van der Waals surface area contributed by atoms with Crippen LogP contribution < -0.4 is 9.62 Å². The Bertz CT molecular complexity index is 886. The first-order valence-electron chi connectivity index (χ1n) is 9.02.